The van der Waals surface area contributed by atoms with E-state index >= 15 is 0 Å². The Morgan fingerprint density at radius 3 is 2.48 bits per heavy atom. The van der Waals surface area contributed by atoms with Gasteiger partial charge in [0, 0.05) is 19.5 Å². The van der Waals surface area contributed by atoms with Gasteiger partial charge in [-0.05, 0) is 43.0 Å². The molecule has 0 heterocycles. The van der Waals surface area contributed by atoms with Crippen LogP contribution in [0.3, 0.4) is 0 Å². The first kappa shape index (κ1) is 22.5. The fourth-order valence-electron chi connectivity index (χ4n) is 3.13. The summed E-state index contributed by atoms with van der Waals surface area (Å²) in [5.41, 5.74) is 2.05. The van der Waals surface area contributed by atoms with Crippen molar-refractivity contribution in [2.75, 3.05) is 13.7 Å². The molecule has 1 N–H and O–H groups in total. The largest absolute Gasteiger partial charge is 0.497 e. The molecule has 2 aromatic rings. The number of rotatable bonds is 11. The molecule has 1 atom stereocenters. The molecule has 0 fully saturated rings. The van der Waals surface area contributed by atoms with E-state index in [1.165, 1.54) is 0 Å². The number of unbranched alkanes of at least 4 members (excludes halogenated alkanes) is 1. The van der Waals surface area contributed by atoms with Crippen molar-refractivity contribution in [1.82, 2.24) is 10.2 Å². The normalized spacial score (nSPS) is 11.6. The maximum absolute atomic E-state index is 13.1. The second-order valence-corrected chi connectivity index (χ2v) is 7.18. The Morgan fingerprint density at radius 2 is 1.79 bits per heavy atom. The van der Waals surface area contributed by atoms with Gasteiger partial charge < -0.3 is 15.0 Å². The van der Waals surface area contributed by atoms with Crippen molar-refractivity contribution in [3.8, 4) is 5.75 Å². The van der Waals surface area contributed by atoms with Crippen LogP contribution in [0.15, 0.2) is 54.6 Å². The molecule has 2 aromatic carbocycles. The monoisotopic (exact) mass is 396 g/mol. The molecule has 0 aliphatic heterocycles. The highest BCUT2D eigenvalue weighted by atomic mass is 16.5. The third-order valence-electron chi connectivity index (χ3n) is 4.95. The van der Waals surface area contributed by atoms with Gasteiger partial charge in [0.2, 0.25) is 11.8 Å². The number of amides is 2. The van der Waals surface area contributed by atoms with Crippen LogP contribution in [0.2, 0.25) is 0 Å². The van der Waals surface area contributed by atoms with Crippen molar-refractivity contribution in [2.45, 2.75) is 52.1 Å². The van der Waals surface area contributed by atoms with Crippen LogP contribution in [-0.4, -0.2) is 36.4 Å². The lowest BCUT2D eigenvalue weighted by molar-refractivity contribution is -0.140. The second kappa shape index (κ2) is 11.9. The molecule has 2 rings (SSSR count). The summed E-state index contributed by atoms with van der Waals surface area (Å²) >= 11 is 0. The maximum atomic E-state index is 13.1. The van der Waals surface area contributed by atoms with E-state index in [1.807, 2.05) is 54.6 Å². The number of ether oxygens (including phenoxy) is 1. The summed E-state index contributed by atoms with van der Waals surface area (Å²) in [5.74, 6) is 0.587. The van der Waals surface area contributed by atoms with Crippen molar-refractivity contribution in [2.24, 2.45) is 0 Å². The summed E-state index contributed by atoms with van der Waals surface area (Å²) in [4.78, 5) is 27.4. The highest BCUT2D eigenvalue weighted by Gasteiger charge is 2.25. The Kier molecular flexibility index (Phi) is 9.22. The molecule has 5 nitrogen and oxygen atoms in total. The Morgan fingerprint density at radius 1 is 1.07 bits per heavy atom. The number of carbonyl (C=O) groups excluding carboxylic acids is 2. The highest BCUT2D eigenvalue weighted by molar-refractivity contribution is 5.87. The Labute approximate surface area is 174 Å². The third kappa shape index (κ3) is 7.26. The van der Waals surface area contributed by atoms with Crippen molar-refractivity contribution >= 4 is 11.8 Å². The van der Waals surface area contributed by atoms with Crippen LogP contribution >= 0.6 is 0 Å². The summed E-state index contributed by atoms with van der Waals surface area (Å²) in [6.07, 6.45) is 2.95. The van der Waals surface area contributed by atoms with Crippen molar-refractivity contribution in [3.63, 3.8) is 0 Å². The molecule has 0 saturated carbocycles. The smallest absolute Gasteiger partial charge is 0.242 e. The van der Waals surface area contributed by atoms with Gasteiger partial charge in [0.15, 0.2) is 0 Å². The average molecular weight is 397 g/mol. The summed E-state index contributed by atoms with van der Waals surface area (Å²) in [6, 6.07) is 17.0. The predicted octanol–water partition coefficient (Wildman–Crippen LogP) is 3.96. The molecule has 29 heavy (non-hydrogen) atoms. The van der Waals surface area contributed by atoms with Crippen LogP contribution in [0, 0.1) is 0 Å². The van der Waals surface area contributed by atoms with E-state index in [2.05, 4.69) is 12.2 Å². The number of hydrogen-bond acceptors (Lipinski definition) is 3. The van der Waals surface area contributed by atoms with Crippen LogP contribution < -0.4 is 10.1 Å². The molecular formula is C24H32N2O3. The molecule has 0 saturated heterocycles. The van der Waals surface area contributed by atoms with Gasteiger partial charge in [0.1, 0.15) is 11.8 Å². The third-order valence-corrected chi connectivity index (χ3v) is 4.95. The molecule has 2 amide bonds. The van der Waals surface area contributed by atoms with Gasteiger partial charge in [-0.2, -0.15) is 0 Å². The first-order chi connectivity index (χ1) is 14.0. The molecule has 1 unspecified atom stereocenters. The number of benzene rings is 2. The number of carbonyl (C=O) groups is 2. The van der Waals surface area contributed by atoms with E-state index in [1.54, 1.807) is 18.9 Å². The van der Waals surface area contributed by atoms with Gasteiger partial charge in [-0.3, -0.25) is 9.59 Å². The fraction of sp³-hybridized carbons (Fsp3) is 0.417. The van der Waals surface area contributed by atoms with Crippen LogP contribution in [-0.2, 0) is 22.6 Å². The van der Waals surface area contributed by atoms with E-state index in [-0.39, 0.29) is 11.8 Å². The highest BCUT2D eigenvalue weighted by Crippen LogP contribution is 2.17. The van der Waals surface area contributed by atoms with E-state index in [0.29, 0.717) is 25.9 Å². The summed E-state index contributed by atoms with van der Waals surface area (Å²) in [5, 5.41) is 2.94. The number of nitrogens with one attached hydrogen (secondary N) is 1. The average Bonchev–Trinajstić information content (AvgIpc) is 2.76. The molecule has 0 spiro atoms. The number of aryl methyl sites for hydroxylation is 1. The van der Waals surface area contributed by atoms with E-state index in [9.17, 15) is 9.59 Å². The quantitative estimate of drug-likeness (QED) is 0.585. The fourth-order valence-corrected chi connectivity index (χ4v) is 3.13. The molecule has 0 aromatic heterocycles. The van der Waals surface area contributed by atoms with Crippen LogP contribution in [0.25, 0.3) is 0 Å². The summed E-state index contributed by atoms with van der Waals surface area (Å²) in [6.45, 7) is 4.87. The van der Waals surface area contributed by atoms with Crippen molar-refractivity contribution in [1.29, 1.82) is 0 Å². The lowest BCUT2D eigenvalue weighted by Crippen LogP contribution is -2.47. The topological polar surface area (TPSA) is 58.6 Å². The zero-order valence-electron chi connectivity index (χ0n) is 17.7. The molecule has 0 radical (unpaired) electrons. The Balaban J connectivity index is 2.12. The molecule has 0 bridgehead atoms. The lowest BCUT2D eigenvalue weighted by Gasteiger charge is -2.29. The first-order valence-corrected chi connectivity index (χ1v) is 10.3. The standard InChI is InChI=1S/C24H32N2O3/c1-4-5-16-25-24(28)19(2)26(18-21-12-9-13-22(17-21)29-3)23(27)15-14-20-10-7-6-8-11-20/h6-13,17,19H,4-5,14-16,18H2,1-3H3,(H,25,28). The SMILES string of the molecule is CCCCNC(=O)C(C)N(Cc1cccc(OC)c1)C(=O)CCc1ccccc1. The van der Waals surface area contributed by atoms with Crippen LogP contribution in [0.5, 0.6) is 5.75 Å². The molecule has 0 aliphatic carbocycles. The minimum absolute atomic E-state index is 0.0326. The van der Waals surface area contributed by atoms with Gasteiger partial charge in [-0.25, -0.2) is 0 Å². The molecule has 0 aliphatic rings. The van der Waals surface area contributed by atoms with E-state index in [0.717, 1.165) is 29.7 Å². The summed E-state index contributed by atoms with van der Waals surface area (Å²) in [7, 11) is 1.62. The number of methoxy groups -OCH3 is 1. The zero-order valence-corrected chi connectivity index (χ0v) is 17.7. The van der Waals surface area contributed by atoms with Crippen molar-refractivity contribution < 1.29 is 14.3 Å². The Bertz CT molecular complexity index is 777. The maximum Gasteiger partial charge on any atom is 0.242 e. The first-order valence-electron chi connectivity index (χ1n) is 10.3. The number of nitrogens with zero attached hydrogens (tertiary/aromatic N) is 1. The molecular weight excluding hydrogens is 364 g/mol. The van der Waals surface area contributed by atoms with Crippen LogP contribution in [0.1, 0.15) is 44.2 Å². The molecule has 5 heteroatoms. The van der Waals surface area contributed by atoms with Gasteiger partial charge in [-0.1, -0.05) is 55.8 Å². The number of hydrogen-bond donors (Lipinski definition) is 1. The second-order valence-electron chi connectivity index (χ2n) is 7.18. The van der Waals surface area contributed by atoms with Gasteiger partial charge in [-0.15, -0.1) is 0 Å². The zero-order chi connectivity index (χ0) is 21.1. The lowest BCUT2D eigenvalue weighted by atomic mass is 10.1. The van der Waals surface area contributed by atoms with Crippen LogP contribution in [0.4, 0.5) is 0 Å². The van der Waals surface area contributed by atoms with E-state index < -0.39 is 6.04 Å². The summed E-state index contributed by atoms with van der Waals surface area (Å²) < 4.78 is 5.29. The van der Waals surface area contributed by atoms with Crippen molar-refractivity contribution in [3.05, 3.63) is 65.7 Å². The predicted molar refractivity (Wildman–Crippen MR) is 116 cm³/mol. The minimum Gasteiger partial charge on any atom is -0.497 e. The van der Waals surface area contributed by atoms with Gasteiger partial charge >= 0.3 is 0 Å². The van der Waals surface area contributed by atoms with Gasteiger partial charge in [0.05, 0.1) is 7.11 Å². The minimum atomic E-state index is -0.540. The van der Waals surface area contributed by atoms with E-state index in [4.69, 9.17) is 4.74 Å². The Hall–Kier alpha value is -2.82. The molecule has 156 valence electrons. The van der Waals surface area contributed by atoms with Gasteiger partial charge in [0.25, 0.3) is 0 Å².